The second kappa shape index (κ2) is 9.03. The Morgan fingerprint density at radius 1 is 1.18 bits per heavy atom. The number of carboxylic acid groups (broad SMARTS) is 1. The van der Waals surface area contributed by atoms with Gasteiger partial charge in [-0.25, -0.2) is 4.79 Å². The number of rotatable bonds is 4. The molecule has 2 aromatic rings. The molecule has 2 aliphatic rings. The molecule has 184 valence electrons. The number of ether oxygens (including phenoxy) is 1. The van der Waals surface area contributed by atoms with Gasteiger partial charge in [0.25, 0.3) is 0 Å². The van der Waals surface area contributed by atoms with Crippen LogP contribution in [0.4, 0.5) is 4.79 Å². The number of carbonyl (C=O) groups is 3. The first-order valence-corrected chi connectivity index (χ1v) is 11.8. The SMILES string of the molecule is CC(C)(C)OC(=O)[C@@]1(CC(=O)N2CCC(c3cn(C(=O)O)c4ccccc34)CC2)C[C@@H](O)CN1. The Bertz CT molecular complexity index is 1100. The van der Waals surface area contributed by atoms with Gasteiger partial charge in [-0.2, -0.15) is 0 Å². The summed E-state index contributed by atoms with van der Waals surface area (Å²) < 4.78 is 6.82. The van der Waals surface area contributed by atoms with E-state index in [1.54, 1.807) is 37.9 Å². The number of nitrogens with one attached hydrogen (secondary N) is 1. The molecule has 2 saturated heterocycles. The number of benzene rings is 1. The maximum absolute atomic E-state index is 13.2. The summed E-state index contributed by atoms with van der Waals surface area (Å²) in [5, 5.41) is 23.6. The van der Waals surface area contributed by atoms with Gasteiger partial charge in [0.05, 0.1) is 18.0 Å². The summed E-state index contributed by atoms with van der Waals surface area (Å²) in [6.07, 6.45) is 1.44. The quantitative estimate of drug-likeness (QED) is 0.586. The second-order valence-corrected chi connectivity index (χ2v) is 10.4. The van der Waals surface area contributed by atoms with Crippen molar-refractivity contribution in [3.05, 3.63) is 36.0 Å². The molecule has 0 aliphatic carbocycles. The van der Waals surface area contributed by atoms with Gasteiger partial charge in [0.1, 0.15) is 11.1 Å². The number of para-hydroxylation sites is 1. The summed E-state index contributed by atoms with van der Waals surface area (Å²) >= 11 is 0. The zero-order chi connectivity index (χ0) is 24.7. The molecule has 0 saturated carbocycles. The summed E-state index contributed by atoms with van der Waals surface area (Å²) in [7, 11) is 0. The van der Waals surface area contributed by atoms with Gasteiger partial charge >= 0.3 is 12.1 Å². The van der Waals surface area contributed by atoms with Crippen molar-refractivity contribution in [1.29, 1.82) is 0 Å². The number of likely N-dealkylation sites (tertiary alicyclic amines) is 1. The number of esters is 1. The minimum atomic E-state index is -1.23. The van der Waals surface area contributed by atoms with Gasteiger partial charge in [0.2, 0.25) is 5.91 Å². The van der Waals surface area contributed by atoms with Gasteiger partial charge in [-0.3, -0.25) is 19.5 Å². The molecule has 1 aromatic heterocycles. The van der Waals surface area contributed by atoms with Gasteiger partial charge in [-0.1, -0.05) is 18.2 Å². The summed E-state index contributed by atoms with van der Waals surface area (Å²) in [5.74, 6) is -0.527. The first kappa shape index (κ1) is 24.2. The highest BCUT2D eigenvalue weighted by Gasteiger charge is 2.49. The Hall–Kier alpha value is -2.91. The van der Waals surface area contributed by atoms with E-state index in [4.69, 9.17) is 4.74 Å². The summed E-state index contributed by atoms with van der Waals surface area (Å²) in [6.45, 7) is 6.60. The minimum absolute atomic E-state index is 0.0675. The van der Waals surface area contributed by atoms with E-state index in [1.165, 1.54) is 4.57 Å². The van der Waals surface area contributed by atoms with Crippen LogP contribution in [0.2, 0.25) is 0 Å². The van der Waals surface area contributed by atoms with Gasteiger partial charge in [-0.05, 0) is 51.2 Å². The predicted molar refractivity (Wildman–Crippen MR) is 126 cm³/mol. The van der Waals surface area contributed by atoms with E-state index in [0.717, 1.165) is 10.9 Å². The van der Waals surface area contributed by atoms with Crippen LogP contribution in [0.3, 0.4) is 0 Å². The molecule has 0 radical (unpaired) electrons. The number of nitrogens with zero attached hydrogens (tertiary/aromatic N) is 2. The van der Waals surface area contributed by atoms with Crippen LogP contribution in [0, 0.1) is 0 Å². The number of piperidine rings is 1. The van der Waals surface area contributed by atoms with Crippen molar-refractivity contribution in [2.75, 3.05) is 19.6 Å². The second-order valence-electron chi connectivity index (χ2n) is 10.4. The number of aliphatic hydroxyl groups excluding tert-OH is 1. The molecule has 2 aliphatic heterocycles. The number of carbonyl (C=O) groups excluding carboxylic acids is 2. The maximum Gasteiger partial charge on any atom is 0.416 e. The van der Waals surface area contributed by atoms with E-state index in [-0.39, 0.29) is 31.2 Å². The number of hydrogen-bond donors (Lipinski definition) is 3. The van der Waals surface area contributed by atoms with Gasteiger partial charge in [-0.15, -0.1) is 0 Å². The first-order chi connectivity index (χ1) is 16.0. The lowest BCUT2D eigenvalue weighted by atomic mass is 9.87. The molecule has 1 aromatic carbocycles. The maximum atomic E-state index is 13.2. The fraction of sp³-hybridized carbons (Fsp3) is 0.560. The van der Waals surface area contributed by atoms with Crippen LogP contribution in [0.15, 0.2) is 30.5 Å². The van der Waals surface area contributed by atoms with E-state index in [1.807, 2.05) is 18.2 Å². The van der Waals surface area contributed by atoms with Crippen LogP contribution in [0.25, 0.3) is 10.9 Å². The van der Waals surface area contributed by atoms with Crippen LogP contribution < -0.4 is 5.32 Å². The van der Waals surface area contributed by atoms with Crippen LogP contribution in [-0.2, 0) is 14.3 Å². The molecule has 34 heavy (non-hydrogen) atoms. The number of fused-ring (bicyclic) bond motifs is 1. The molecule has 2 atom stereocenters. The predicted octanol–water partition coefficient (Wildman–Crippen LogP) is 2.70. The molecule has 9 heteroatoms. The standard InChI is InChI=1S/C25H33N3O6/c1-24(2,3)34-22(31)25(12-17(29)14-26-25)13-21(30)27-10-8-16(9-11-27)19-15-28(23(32)33)20-7-5-4-6-18(19)20/h4-7,15-17,26,29H,8-14H2,1-3H3,(H,32,33)/t17-,25+/m1/s1. The van der Waals surface area contributed by atoms with Gasteiger partial charge in [0.15, 0.2) is 0 Å². The third-order valence-electron chi connectivity index (χ3n) is 6.74. The smallest absolute Gasteiger partial charge is 0.416 e. The molecule has 3 heterocycles. The van der Waals surface area contributed by atoms with Crippen molar-refractivity contribution in [3.63, 3.8) is 0 Å². The number of aliphatic hydroxyl groups is 1. The van der Waals surface area contributed by atoms with E-state index in [9.17, 15) is 24.6 Å². The van der Waals surface area contributed by atoms with Crippen molar-refractivity contribution < 1.29 is 29.3 Å². The fourth-order valence-corrected chi connectivity index (χ4v) is 5.10. The average molecular weight is 472 g/mol. The number of aromatic nitrogens is 1. The van der Waals surface area contributed by atoms with Crippen molar-refractivity contribution in [2.45, 2.75) is 69.6 Å². The molecular weight excluding hydrogens is 438 g/mol. The Balaban J connectivity index is 1.45. The van der Waals surface area contributed by atoms with Crippen LogP contribution in [0.5, 0.6) is 0 Å². The topological polar surface area (TPSA) is 121 Å². The van der Waals surface area contributed by atoms with Gasteiger partial charge < -0.3 is 19.8 Å². The largest absolute Gasteiger partial charge is 0.464 e. The highest BCUT2D eigenvalue weighted by Crippen LogP contribution is 2.35. The van der Waals surface area contributed by atoms with E-state index < -0.39 is 29.3 Å². The Kier molecular flexibility index (Phi) is 6.44. The summed E-state index contributed by atoms with van der Waals surface area (Å²) in [5.41, 5.74) is -0.282. The molecule has 4 rings (SSSR count). The molecule has 1 amide bonds. The minimum Gasteiger partial charge on any atom is -0.464 e. The van der Waals surface area contributed by atoms with E-state index in [0.29, 0.717) is 31.4 Å². The lowest BCUT2D eigenvalue weighted by Crippen LogP contribution is -2.54. The Labute approximate surface area is 198 Å². The normalized spacial score (nSPS) is 23.9. The van der Waals surface area contributed by atoms with E-state index >= 15 is 0 Å². The Morgan fingerprint density at radius 3 is 2.44 bits per heavy atom. The highest BCUT2D eigenvalue weighted by molar-refractivity contribution is 5.92. The van der Waals surface area contributed by atoms with E-state index in [2.05, 4.69) is 5.32 Å². The van der Waals surface area contributed by atoms with Crippen molar-refractivity contribution in [2.24, 2.45) is 0 Å². The molecule has 9 nitrogen and oxygen atoms in total. The molecule has 3 N–H and O–H groups in total. The zero-order valence-corrected chi connectivity index (χ0v) is 19.9. The van der Waals surface area contributed by atoms with Crippen LogP contribution >= 0.6 is 0 Å². The first-order valence-electron chi connectivity index (χ1n) is 11.8. The number of β-amino-alcohol motifs (C(OH)–C–C–N with tert-alkyl or cyclic N) is 1. The Morgan fingerprint density at radius 2 is 1.85 bits per heavy atom. The van der Waals surface area contributed by atoms with Crippen LogP contribution in [-0.4, -0.2) is 74.5 Å². The number of amides is 1. The molecule has 0 unspecified atom stereocenters. The third kappa shape index (κ3) is 4.81. The lowest BCUT2D eigenvalue weighted by molar-refractivity contribution is -0.165. The lowest BCUT2D eigenvalue weighted by Gasteiger charge is -2.36. The molecule has 0 spiro atoms. The number of hydrogen-bond acceptors (Lipinski definition) is 6. The summed E-state index contributed by atoms with van der Waals surface area (Å²) in [4.78, 5) is 39.6. The highest BCUT2D eigenvalue weighted by atomic mass is 16.6. The van der Waals surface area contributed by atoms with Crippen LogP contribution in [0.1, 0.15) is 57.9 Å². The average Bonchev–Trinajstić information content (AvgIpc) is 3.34. The fourth-order valence-electron chi connectivity index (χ4n) is 5.10. The molecule has 2 fully saturated rings. The monoisotopic (exact) mass is 471 g/mol. The third-order valence-corrected chi connectivity index (χ3v) is 6.74. The van der Waals surface area contributed by atoms with Gasteiger partial charge in [0, 0.05) is 37.6 Å². The van der Waals surface area contributed by atoms with Crippen molar-refractivity contribution >= 4 is 28.9 Å². The van der Waals surface area contributed by atoms with Crippen molar-refractivity contribution in [3.8, 4) is 0 Å². The van der Waals surface area contributed by atoms with Crippen molar-refractivity contribution in [1.82, 2.24) is 14.8 Å². The molecular formula is C25H33N3O6. The molecule has 0 bridgehead atoms. The zero-order valence-electron chi connectivity index (χ0n) is 19.9. The summed E-state index contributed by atoms with van der Waals surface area (Å²) in [6, 6.07) is 7.45.